The Morgan fingerprint density at radius 3 is 2.74 bits per heavy atom. The lowest BCUT2D eigenvalue weighted by Gasteiger charge is -2.30. The van der Waals surface area contributed by atoms with Gasteiger partial charge in [0.2, 0.25) is 0 Å². The molecule has 0 radical (unpaired) electrons. The summed E-state index contributed by atoms with van der Waals surface area (Å²) in [6.07, 6.45) is 6.25. The van der Waals surface area contributed by atoms with E-state index in [0.717, 1.165) is 25.7 Å². The highest BCUT2D eigenvalue weighted by Crippen LogP contribution is 2.37. The molecule has 0 unspecified atom stereocenters. The molecule has 1 aromatic heterocycles. The molecule has 104 valence electrons. The third-order valence-corrected chi connectivity index (χ3v) is 4.08. The van der Waals surface area contributed by atoms with Crippen LogP contribution in [0, 0.1) is 10.1 Å². The Bertz CT molecular complexity index is 489. The third-order valence-electron chi connectivity index (χ3n) is 3.50. The minimum absolute atomic E-state index is 0.0570. The van der Waals surface area contributed by atoms with Crippen molar-refractivity contribution >= 4 is 27.3 Å². The molecule has 0 bridgehead atoms. The molecule has 19 heavy (non-hydrogen) atoms. The van der Waals surface area contributed by atoms with Gasteiger partial charge in [-0.3, -0.25) is 15.1 Å². The normalized spacial score (nSPS) is 17.4. The van der Waals surface area contributed by atoms with Crippen molar-refractivity contribution in [1.29, 1.82) is 0 Å². The van der Waals surface area contributed by atoms with E-state index in [-0.39, 0.29) is 5.69 Å². The van der Waals surface area contributed by atoms with Gasteiger partial charge in [0.1, 0.15) is 11.9 Å². The van der Waals surface area contributed by atoms with E-state index in [1.54, 1.807) is 11.9 Å². The molecule has 0 amide bonds. The predicted molar refractivity (Wildman–Crippen MR) is 75.3 cm³/mol. The third kappa shape index (κ3) is 3.03. The number of likely N-dealkylation sites (N-methyl/N-ethyl adjacent to an activating group) is 1. The zero-order valence-electron chi connectivity index (χ0n) is 10.7. The average molecular weight is 330 g/mol. The highest BCUT2D eigenvalue weighted by atomic mass is 79.9. The second-order valence-corrected chi connectivity index (χ2v) is 5.89. The van der Waals surface area contributed by atoms with Crippen LogP contribution in [-0.4, -0.2) is 34.2 Å². The smallest absolute Gasteiger partial charge is 0.311 e. The summed E-state index contributed by atoms with van der Waals surface area (Å²) in [5, 5.41) is 21.5. The summed E-state index contributed by atoms with van der Waals surface area (Å²) in [5.41, 5.74) is -0.343. The monoisotopic (exact) mass is 329 g/mol. The van der Waals surface area contributed by atoms with Crippen molar-refractivity contribution < 1.29 is 10.0 Å². The van der Waals surface area contributed by atoms with Crippen LogP contribution in [0.4, 0.5) is 11.4 Å². The first-order valence-corrected chi connectivity index (χ1v) is 6.94. The summed E-state index contributed by atoms with van der Waals surface area (Å²) in [6.45, 7) is 0.385. The van der Waals surface area contributed by atoms with Crippen LogP contribution in [0.3, 0.4) is 0 Å². The lowest BCUT2D eigenvalue weighted by Crippen LogP contribution is -2.39. The van der Waals surface area contributed by atoms with E-state index < -0.39 is 10.5 Å². The van der Waals surface area contributed by atoms with Crippen LogP contribution in [0.25, 0.3) is 0 Å². The minimum atomic E-state index is -0.745. The largest absolute Gasteiger partial charge is 0.388 e. The van der Waals surface area contributed by atoms with E-state index in [1.165, 1.54) is 12.4 Å². The molecule has 1 aliphatic carbocycles. The van der Waals surface area contributed by atoms with Crippen molar-refractivity contribution in [1.82, 2.24) is 4.98 Å². The number of nitrogens with zero attached hydrogens (tertiary/aromatic N) is 3. The molecule has 0 atom stereocenters. The van der Waals surface area contributed by atoms with E-state index in [0.29, 0.717) is 16.7 Å². The van der Waals surface area contributed by atoms with Crippen molar-refractivity contribution in [3.8, 4) is 0 Å². The molecule has 0 aliphatic heterocycles. The molecular formula is C12H16BrN3O3. The molecule has 0 spiro atoms. The van der Waals surface area contributed by atoms with Gasteiger partial charge in [0.25, 0.3) is 0 Å². The number of anilines is 1. The summed E-state index contributed by atoms with van der Waals surface area (Å²) < 4.78 is 0.561. The van der Waals surface area contributed by atoms with Crippen LogP contribution in [0.2, 0.25) is 0 Å². The highest BCUT2D eigenvalue weighted by molar-refractivity contribution is 9.10. The van der Waals surface area contributed by atoms with Crippen molar-refractivity contribution in [2.24, 2.45) is 0 Å². The SMILES string of the molecule is CN(CC1(O)CCCC1)c1c(Br)cncc1[N+](=O)[O-]. The summed E-state index contributed by atoms with van der Waals surface area (Å²) in [6, 6.07) is 0. The number of halogens is 1. The van der Waals surface area contributed by atoms with E-state index in [2.05, 4.69) is 20.9 Å². The second kappa shape index (κ2) is 5.42. The van der Waals surface area contributed by atoms with E-state index in [1.807, 2.05) is 0 Å². The second-order valence-electron chi connectivity index (χ2n) is 5.03. The molecule has 7 heteroatoms. The average Bonchev–Trinajstić information content (AvgIpc) is 2.74. The van der Waals surface area contributed by atoms with E-state index in [4.69, 9.17) is 0 Å². The van der Waals surface area contributed by atoms with Crippen LogP contribution in [0.1, 0.15) is 25.7 Å². The molecular weight excluding hydrogens is 314 g/mol. The molecule has 6 nitrogen and oxygen atoms in total. The zero-order chi connectivity index (χ0) is 14.0. The first-order chi connectivity index (χ1) is 8.93. The summed E-state index contributed by atoms with van der Waals surface area (Å²) >= 11 is 3.29. The number of pyridine rings is 1. The number of aliphatic hydroxyl groups is 1. The van der Waals surface area contributed by atoms with E-state index in [9.17, 15) is 15.2 Å². The summed E-state index contributed by atoms with van der Waals surface area (Å²) in [7, 11) is 1.75. The standard InChI is InChI=1S/C12H16BrN3O3/c1-15(8-12(17)4-2-3-5-12)11-9(13)6-14-7-10(11)16(18)19/h6-7,17H,2-5,8H2,1H3. The van der Waals surface area contributed by atoms with Crippen LogP contribution in [0.5, 0.6) is 0 Å². The first-order valence-electron chi connectivity index (χ1n) is 6.14. The number of hydrogen-bond acceptors (Lipinski definition) is 5. The minimum Gasteiger partial charge on any atom is -0.388 e. The van der Waals surface area contributed by atoms with Crippen molar-refractivity contribution in [2.45, 2.75) is 31.3 Å². The molecule has 1 saturated carbocycles. The predicted octanol–water partition coefficient (Wildman–Crippen LogP) is 2.49. The molecule has 1 aromatic rings. The van der Waals surface area contributed by atoms with Crippen molar-refractivity contribution in [2.75, 3.05) is 18.5 Å². The Morgan fingerprint density at radius 2 is 2.16 bits per heavy atom. The van der Waals surface area contributed by atoms with Crippen LogP contribution in [-0.2, 0) is 0 Å². The number of rotatable bonds is 4. The van der Waals surface area contributed by atoms with Gasteiger partial charge in [0, 0.05) is 19.8 Å². The van der Waals surface area contributed by atoms with Gasteiger partial charge in [-0.25, -0.2) is 0 Å². The molecule has 0 aromatic carbocycles. The Labute approximate surface area is 119 Å². The van der Waals surface area contributed by atoms with Gasteiger partial charge in [-0.2, -0.15) is 0 Å². The Kier molecular flexibility index (Phi) is 4.05. The van der Waals surface area contributed by atoms with Crippen LogP contribution in [0.15, 0.2) is 16.9 Å². The lowest BCUT2D eigenvalue weighted by atomic mass is 10.0. The molecule has 1 aliphatic rings. The Balaban J connectivity index is 2.28. The fraction of sp³-hybridized carbons (Fsp3) is 0.583. The van der Waals surface area contributed by atoms with Gasteiger partial charge in [-0.05, 0) is 28.8 Å². The molecule has 0 saturated heterocycles. The van der Waals surface area contributed by atoms with Crippen molar-refractivity contribution in [3.05, 3.63) is 27.0 Å². The number of hydrogen-bond donors (Lipinski definition) is 1. The maximum absolute atomic E-state index is 11.1. The van der Waals surface area contributed by atoms with E-state index >= 15 is 0 Å². The topological polar surface area (TPSA) is 79.5 Å². The first kappa shape index (κ1) is 14.2. The number of nitro groups is 1. The van der Waals surface area contributed by atoms with Gasteiger partial charge in [-0.1, -0.05) is 12.8 Å². The Morgan fingerprint density at radius 1 is 1.53 bits per heavy atom. The molecule has 1 heterocycles. The fourth-order valence-electron chi connectivity index (χ4n) is 2.64. The maximum atomic E-state index is 11.1. The van der Waals surface area contributed by atoms with Gasteiger partial charge in [0.05, 0.1) is 15.0 Å². The molecule has 2 rings (SSSR count). The Hall–Kier alpha value is -1.21. The van der Waals surface area contributed by atoms with Gasteiger partial charge in [-0.15, -0.1) is 0 Å². The summed E-state index contributed by atoms with van der Waals surface area (Å²) in [4.78, 5) is 16.1. The maximum Gasteiger partial charge on any atom is 0.311 e. The molecule has 1 fully saturated rings. The quantitative estimate of drug-likeness (QED) is 0.678. The number of aromatic nitrogens is 1. The van der Waals surface area contributed by atoms with Crippen LogP contribution < -0.4 is 4.90 Å². The molecule has 1 N–H and O–H groups in total. The highest BCUT2D eigenvalue weighted by Gasteiger charge is 2.34. The summed E-state index contributed by atoms with van der Waals surface area (Å²) in [5.74, 6) is 0. The van der Waals surface area contributed by atoms with Crippen molar-refractivity contribution in [3.63, 3.8) is 0 Å². The van der Waals surface area contributed by atoms with Gasteiger partial charge < -0.3 is 10.0 Å². The fourth-order valence-corrected chi connectivity index (χ4v) is 3.27. The van der Waals surface area contributed by atoms with Gasteiger partial charge in [0.15, 0.2) is 0 Å². The zero-order valence-corrected chi connectivity index (χ0v) is 12.3. The van der Waals surface area contributed by atoms with Crippen LogP contribution >= 0.6 is 15.9 Å². The lowest BCUT2D eigenvalue weighted by molar-refractivity contribution is -0.384. The van der Waals surface area contributed by atoms with Gasteiger partial charge >= 0.3 is 5.69 Å².